The number of hydrogen-bond donors (Lipinski definition) is 1. The molecule has 4 heteroatoms. The van der Waals surface area contributed by atoms with Crippen LogP contribution in [0.2, 0.25) is 0 Å². The number of likely N-dealkylation sites (N-methyl/N-ethyl adjacent to an activating group) is 1. The van der Waals surface area contributed by atoms with Crippen LogP contribution in [0.15, 0.2) is 0 Å². The first-order chi connectivity index (χ1) is 7.74. The average Bonchev–Trinajstić information content (AvgIpc) is 2.30. The number of nitrogens with one attached hydrogen (secondary N) is 1. The van der Waals surface area contributed by atoms with Crippen molar-refractivity contribution in [3.63, 3.8) is 0 Å². The van der Waals surface area contributed by atoms with Gasteiger partial charge >= 0.3 is 5.97 Å². The number of carbonyl (C=O) groups is 1. The Balaban J connectivity index is 1.99. The molecule has 0 aromatic rings. The van der Waals surface area contributed by atoms with E-state index in [1.165, 1.54) is 32.9 Å². The zero-order valence-electron chi connectivity index (χ0n) is 10.5. The third-order valence-corrected chi connectivity index (χ3v) is 3.26. The number of piperidine rings is 1. The summed E-state index contributed by atoms with van der Waals surface area (Å²) in [5.41, 5.74) is 0. The first kappa shape index (κ1) is 13.5. The highest BCUT2D eigenvalue weighted by Gasteiger charge is 2.17. The van der Waals surface area contributed by atoms with Crippen molar-refractivity contribution in [2.24, 2.45) is 0 Å². The van der Waals surface area contributed by atoms with Gasteiger partial charge in [0.1, 0.15) is 0 Å². The van der Waals surface area contributed by atoms with Crippen molar-refractivity contribution in [3.8, 4) is 0 Å². The van der Waals surface area contributed by atoms with Gasteiger partial charge in [-0.1, -0.05) is 6.42 Å². The molecule has 16 heavy (non-hydrogen) atoms. The van der Waals surface area contributed by atoms with Crippen LogP contribution in [-0.2, 0) is 9.53 Å². The zero-order valence-corrected chi connectivity index (χ0v) is 10.5. The minimum Gasteiger partial charge on any atom is -0.469 e. The highest BCUT2D eigenvalue weighted by molar-refractivity contribution is 5.69. The third-order valence-electron chi connectivity index (χ3n) is 3.26. The van der Waals surface area contributed by atoms with E-state index >= 15 is 0 Å². The Morgan fingerprint density at radius 2 is 2.31 bits per heavy atom. The van der Waals surface area contributed by atoms with Crippen LogP contribution >= 0.6 is 0 Å². The van der Waals surface area contributed by atoms with E-state index in [1.54, 1.807) is 0 Å². The zero-order chi connectivity index (χ0) is 11.8. The Bertz CT molecular complexity index is 209. The summed E-state index contributed by atoms with van der Waals surface area (Å²) < 4.78 is 4.59. The Hall–Kier alpha value is -0.610. The molecular weight excluding hydrogens is 204 g/mol. The van der Waals surface area contributed by atoms with Gasteiger partial charge in [0.05, 0.1) is 7.11 Å². The van der Waals surface area contributed by atoms with Crippen LogP contribution in [-0.4, -0.2) is 50.7 Å². The number of nitrogens with zero attached hydrogens (tertiary/aromatic N) is 1. The van der Waals surface area contributed by atoms with Gasteiger partial charge in [-0.15, -0.1) is 0 Å². The lowest BCUT2D eigenvalue weighted by Crippen LogP contribution is -2.43. The normalized spacial score (nSPS) is 22.0. The van der Waals surface area contributed by atoms with Crippen molar-refractivity contribution >= 4 is 5.97 Å². The minimum atomic E-state index is -0.114. The lowest BCUT2D eigenvalue weighted by Gasteiger charge is -2.32. The molecule has 1 aliphatic heterocycles. The fourth-order valence-corrected chi connectivity index (χ4v) is 2.13. The van der Waals surface area contributed by atoms with Crippen molar-refractivity contribution in [1.82, 2.24) is 10.2 Å². The maximum Gasteiger partial charge on any atom is 0.305 e. The van der Waals surface area contributed by atoms with Gasteiger partial charge < -0.3 is 15.0 Å². The topological polar surface area (TPSA) is 41.6 Å². The van der Waals surface area contributed by atoms with Crippen LogP contribution in [0.4, 0.5) is 0 Å². The van der Waals surface area contributed by atoms with E-state index in [1.807, 2.05) is 0 Å². The summed E-state index contributed by atoms with van der Waals surface area (Å²) in [7, 11) is 3.63. The Labute approximate surface area is 98.3 Å². The highest BCUT2D eigenvalue weighted by Crippen LogP contribution is 2.13. The van der Waals surface area contributed by atoms with E-state index in [0.717, 1.165) is 19.5 Å². The maximum absolute atomic E-state index is 10.9. The average molecular weight is 228 g/mol. The molecule has 0 radical (unpaired) electrons. The number of rotatable bonds is 6. The molecule has 1 fully saturated rings. The molecule has 0 aliphatic carbocycles. The van der Waals surface area contributed by atoms with Crippen LogP contribution < -0.4 is 5.32 Å². The molecule has 1 heterocycles. The molecule has 1 rings (SSSR count). The lowest BCUT2D eigenvalue weighted by atomic mass is 10.0. The van der Waals surface area contributed by atoms with Crippen LogP contribution in [0, 0.1) is 0 Å². The Morgan fingerprint density at radius 1 is 1.50 bits per heavy atom. The summed E-state index contributed by atoms with van der Waals surface area (Å²) in [5, 5.41) is 3.42. The van der Waals surface area contributed by atoms with E-state index in [4.69, 9.17) is 0 Å². The molecule has 0 amide bonds. The summed E-state index contributed by atoms with van der Waals surface area (Å²) in [6.45, 7) is 3.16. The van der Waals surface area contributed by atoms with E-state index in [0.29, 0.717) is 12.5 Å². The quantitative estimate of drug-likeness (QED) is 0.544. The van der Waals surface area contributed by atoms with E-state index < -0.39 is 0 Å². The summed E-state index contributed by atoms with van der Waals surface area (Å²) in [6, 6.07) is 0.673. The third kappa shape index (κ3) is 4.94. The number of carbonyl (C=O) groups excluding carboxylic acids is 1. The predicted molar refractivity (Wildman–Crippen MR) is 64.4 cm³/mol. The van der Waals surface area contributed by atoms with Crippen molar-refractivity contribution < 1.29 is 9.53 Å². The predicted octanol–water partition coefficient (Wildman–Crippen LogP) is 1.01. The molecule has 1 N–H and O–H groups in total. The molecule has 4 nitrogen and oxygen atoms in total. The monoisotopic (exact) mass is 228 g/mol. The second-order valence-corrected chi connectivity index (χ2v) is 4.51. The Morgan fingerprint density at radius 3 is 3.00 bits per heavy atom. The summed E-state index contributed by atoms with van der Waals surface area (Å²) >= 11 is 0. The van der Waals surface area contributed by atoms with Crippen LogP contribution in [0.3, 0.4) is 0 Å². The molecule has 1 saturated heterocycles. The smallest absolute Gasteiger partial charge is 0.305 e. The first-order valence-electron chi connectivity index (χ1n) is 6.22. The molecule has 0 bridgehead atoms. The number of methoxy groups -OCH3 is 1. The van der Waals surface area contributed by atoms with Crippen molar-refractivity contribution in [3.05, 3.63) is 0 Å². The Kier molecular flexibility index (Phi) is 6.42. The highest BCUT2D eigenvalue weighted by atomic mass is 16.5. The molecule has 0 aromatic carbocycles. The second-order valence-electron chi connectivity index (χ2n) is 4.51. The van der Waals surface area contributed by atoms with Gasteiger partial charge in [0.25, 0.3) is 0 Å². The van der Waals surface area contributed by atoms with Gasteiger partial charge in [-0.05, 0) is 39.4 Å². The fourth-order valence-electron chi connectivity index (χ4n) is 2.13. The molecular formula is C12H24N2O2. The molecule has 1 atom stereocenters. The van der Waals surface area contributed by atoms with Gasteiger partial charge in [0, 0.05) is 19.0 Å². The molecule has 1 aliphatic rings. The van der Waals surface area contributed by atoms with Crippen LogP contribution in [0.25, 0.3) is 0 Å². The fraction of sp³-hybridized carbons (Fsp3) is 0.917. The van der Waals surface area contributed by atoms with Gasteiger partial charge in [0.15, 0.2) is 0 Å². The number of hydrogen-bond acceptors (Lipinski definition) is 4. The summed E-state index contributed by atoms with van der Waals surface area (Å²) in [4.78, 5) is 13.3. The molecule has 0 spiro atoms. The number of esters is 1. The molecule has 0 saturated carbocycles. The summed E-state index contributed by atoms with van der Waals surface area (Å²) in [6.07, 6.45) is 5.35. The lowest BCUT2D eigenvalue weighted by molar-refractivity contribution is -0.140. The van der Waals surface area contributed by atoms with Crippen molar-refractivity contribution in [1.29, 1.82) is 0 Å². The van der Waals surface area contributed by atoms with E-state index in [-0.39, 0.29) is 5.97 Å². The maximum atomic E-state index is 10.9. The van der Waals surface area contributed by atoms with Crippen LogP contribution in [0.5, 0.6) is 0 Å². The first-order valence-corrected chi connectivity index (χ1v) is 6.22. The number of ether oxygens (including phenoxy) is 1. The molecule has 94 valence electrons. The van der Waals surface area contributed by atoms with Gasteiger partial charge in [-0.3, -0.25) is 4.79 Å². The molecule has 0 aromatic heterocycles. The molecule has 1 unspecified atom stereocenters. The second kappa shape index (κ2) is 7.63. The number of likely N-dealkylation sites (tertiary alicyclic amines) is 1. The minimum absolute atomic E-state index is 0.114. The van der Waals surface area contributed by atoms with Crippen molar-refractivity contribution in [2.45, 2.75) is 38.1 Å². The van der Waals surface area contributed by atoms with Crippen LogP contribution in [0.1, 0.15) is 32.1 Å². The van der Waals surface area contributed by atoms with Gasteiger partial charge in [-0.25, -0.2) is 0 Å². The van der Waals surface area contributed by atoms with Gasteiger partial charge in [-0.2, -0.15) is 0 Å². The summed E-state index contributed by atoms with van der Waals surface area (Å²) in [5.74, 6) is -0.114. The SMILES string of the molecule is COC(=O)CCCNCC1CCCCN1C. The van der Waals surface area contributed by atoms with E-state index in [9.17, 15) is 4.79 Å². The van der Waals surface area contributed by atoms with E-state index in [2.05, 4.69) is 22.0 Å². The van der Waals surface area contributed by atoms with Crippen molar-refractivity contribution in [2.75, 3.05) is 33.8 Å². The standard InChI is InChI=1S/C12H24N2O2/c1-14-9-4-3-6-11(14)10-13-8-5-7-12(15)16-2/h11,13H,3-10H2,1-2H3. The van der Waals surface area contributed by atoms with Gasteiger partial charge in [0.2, 0.25) is 0 Å². The largest absolute Gasteiger partial charge is 0.469 e.